The van der Waals surface area contributed by atoms with Gasteiger partial charge in [0, 0.05) is 22.1 Å². The molecule has 0 amide bonds. The highest BCUT2D eigenvalue weighted by molar-refractivity contribution is 7.80. The summed E-state index contributed by atoms with van der Waals surface area (Å²) in [5.74, 6) is -2.43. The number of benzene rings is 2. The van der Waals surface area contributed by atoms with Gasteiger partial charge in [-0.05, 0) is 35.9 Å². The van der Waals surface area contributed by atoms with Gasteiger partial charge < -0.3 is 4.42 Å². The van der Waals surface area contributed by atoms with Gasteiger partial charge in [-0.25, -0.2) is 8.78 Å². The molecule has 4 nitrogen and oxygen atoms in total. The second kappa shape index (κ2) is 9.68. The van der Waals surface area contributed by atoms with E-state index in [0.29, 0.717) is 16.7 Å². The maximum absolute atomic E-state index is 14.3. The number of alkyl halides is 6. The molecule has 0 fully saturated rings. The Morgan fingerprint density at radius 2 is 1.58 bits per heavy atom. The van der Waals surface area contributed by atoms with Gasteiger partial charge in [0.15, 0.2) is 5.76 Å². The van der Waals surface area contributed by atoms with E-state index >= 15 is 0 Å². The summed E-state index contributed by atoms with van der Waals surface area (Å²) in [6.45, 7) is -0.713. The van der Waals surface area contributed by atoms with E-state index in [4.69, 9.17) is 4.42 Å². The van der Waals surface area contributed by atoms with Crippen LogP contribution >= 0.6 is 12.6 Å². The van der Waals surface area contributed by atoms with Crippen LogP contribution in [0.1, 0.15) is 22.3 Å². The molecule has 13 heteroatoms. The van der Waals surface area contributed by atoms with Gasteiger partial charge in [-0.3, -0.25) is 9.36 Å². The molecule has 0 spiro atoms. The number of rotatable bonds is 4. The molecule has 0 aliphatic carbocycles. The summed E-state index contributed by atoms with van der Waals surface area (Å²) in [4.78, 5) is 12.6. The number of nitriles is 1. The fourth-order valence-corrected chi connectivity index (χ4v) is 3.99. The Morgan fingerprint density at radius 3 is 2.18 bits per heavy atom. The number of halogens is 8. The van der Waals surface area contributed by atoms with Gasteiger partial charge in [0.2, 0.25) is 0 Å². The van der Waals surface area contributed by atoms with Crippen molar-refractivity contribution in [1.82, 2.24) is 4.57 Å². The zero-order valence-corrected chi connectivity index (χ0v) is 19.5. The molecule has 0 atom stereocenters. The van der Waals surface area contributed by atoms with E-state index in [1.165, 1.54) is 12.1 Å². The van der Waals surface area contributed by atoms with Gasteiger partial charge in [-0.2, -0.15) is 31.6 Å². The third-order valence-corrected chi connectivity index (χ3v) is 5.94. The monoisotopic (exact) mass is 556 g/mol. The predicted molar refractivity (Wildman–Crippen MR) is 121 cm³/mol. The van der Waals surface area contributed by atoms with E-state index in [1.807, 2.05) is 0 Å². The third kappa shape index (κ3) is 5.17. The predicted octanol–water partition coefficient (Wildman–Crippen LogP) is 7.30. The summed E-state index contributed by atoms with van der Waals surface area (Å²) in [7, 11) is 0. The summed E-state index contributed by atoms with van der Waals surface area (Å²) in [5.41, 5.74) is -6.19. The number of nitrogens with zero attached hydrogens (tertiary/aromatic N) is 2. The SMILES string of the molecule is N#Cc1c(C(F)(F)F)cc(-c2cc(-c3ccc(S)c(C(F)(F)F)c3)co2)n(Cc2ccc(F)cc2F)c1=O. The zero-order valence-electron chi connectivity index (χ0n) is 18.6. The highest BCUT2D eigenvalue weighted by atomic mass is 32.1. The molecule has 0 N–H and O–H groups in total. The van der Waals surface area contributed by atoms with Crippen LogP contribution in [0.25, 0.3) is 22.6 Å². The van der Waals surface area contributed by atoms with Crippen LogP contribution in [0.3, 0.4) is 0 Å². The van der Waals surface area contributed by atoms with E-state index in [-0.39, 0.29) is 21.6 Å². The van der Waals surface area contributed by atoms with Gasteiger partial charge >= 0.3 is 12.4 Å². The Morgan fingerprint density at radius 1 is 0.895 bits per heavy atom. The second-order valence-corrected chi connectivity index (χ2v) is 8.47. The molecule has 0 saturated heterocycles. The molecule has 0 radical (unpaired) electrons. The molecular formula is C25H12F8N2O2S. The summed E-state index contributed by atoms with van der Waals surface area (Å²) in [6.07, 6.45) is -8.92. The Labute approximate surface area is 213 Å². The zero-order chi connectivity index (χ0) is 28.0. The molecule has 0 bridgehead atoms. The van der Waals surface area contributed by atoms with Crippen molar-refractivity contribution in [2.24, 2.45) is 0 Å². The van der Waals surface area contributed by atoms with E-state index < -0.39 is 64.2 Å². The van der Waals surface area contributed by atoms with Crippen LogP contribution in [0, 0.1) is 23.0 Å². The largest absolute Gasteiger partial charge is 0.462 e. The summed E-state index contributed by atoms with van der Waals surface area (Å²) in [6, 6.07) is 8.19. The van der Waals surface area contributed by atoms with Gasteiger partial charge in [0.1, 0.15) is 23.3 Å². The molecule has 4 rings (SSSR count). The van der Waals surface area contributed by atoms with E-state index in [0.717, 1.165) is 36.6 Å². The first-order valence-corrected chi connectivity index (χ1v) is 10.8. The highest BCUT2D eigenvalue weighted by Crippen LogP contribution is 2.39. The molecule has 2 aromatic carbocycles. The molecule has 2 aromatic heterocycles. The first-order valence-electron chi connectivity index (χ1n) is 10.4. The molecule has 0 aliphatic heterocycles. The van der Waals surface area contributed by atoms with Crippen molar-refractivity contribution in [3.63, 3.8) is 0 Å². The van der Waals surface area contributed by atoms with Crippen LogP contribution in [0.5, 0.6) is 0 Å². The van der Waals surface area contributed by atoms with Crippen LogP contribution in [-0.4, -0.2) is 4.57 Å². The third-order valence-electron chi connectivity index (χ3n) is 5.55. The van der Waals surface area contributed by atoms with Crippen LogP contribution in [-0.2, 0) is 18.9 Å². The van der Waals surface area contributed by atoms with Crippen molar-refractivity contribution in [2.45, 2.75) is 23.8 Å². The standard InChI is InChI=1S/C25H12F8N2O2S/c26-15-3-1-13(19(27)7-15)10-35-20(8-17(24(28,29)30)16(9-34)23(35)36)21-6-14(11-37-21)12-2-4-22(38)18(5-12)25(31,32)33/h1-8,11,38H,10H2. The topological polar surface area (TPSA) is 58.9 Å². The number of furan rings is 1. The Bertz CT molecular complexity index is 1650. The number of aromatic nitrogens is 1. The molecule has 0 aliphatic rings. The number of thiol groups is 1. The fraction of sp³-hybridized carbons (Fsp3) is 0.120. The maximum Gasteiger partial charge on any atom is 0.417 e. The summed E-state index contributed by atoms with van der Waals surface area (Å²) >= 11 is 3.79. The van der Waals surface area contributed by atoms with Crippen molar-refractivity contribution in [3.05, 3.63) is 99.0 Å². The highest BCUT2D eigenvalue weighted by Gasteiger charge is 2.37. The molecule has 38 heavy (non-hydrogen) atoms. The van der Waals surface area contributed by atoms with Crippen molar-refractivity contribution >= 4 is 12.6 Å². The van der Waals surface area contributed by atoms with Crippen LogP contribution in [0.15, 0.2) is 68.9 Å². The van der Waals surface area contributed by atoms with Gasteiger partial charge in [0.25, 0.3) is 5.56 Å². The van der Waals surface area contributed by atoms with Crippen molar-refractivity contribution < 1.29 is 39.5 Å². The van der Waals surface area contributed by atoms with Crippen molar-refractivity contribution in [3.8, 4) is 28.7 Å². The normalized spacial score (nSPS) is 12.0. The van der Waals surface area contributed by atoms with Crippen LogP contribution in [0.2, 0.25) is 0 Å². The molecule has 0 saturated carbocycles. The smallest absolute Gasteiger partial charge is 0.417 e. The van der Waals surface area contributed by atoms with Crippen LogP contribution < -0.4 is 5.56 Å². The van der Waals surface area contributed by atoms with Crippen LogP contribution in [0.4, 0.5) is 35.1 Å². The lowest BCUT2D eigenvalue weighted by molar-refractivity contribution is -0.140. The van der Waals surface area contributed by atoms with Crippen molar-refractivity contribution in [2.75, 3.05) is 0 Å². The minimum Gasteiger partial charge on any atom is -0.462 e. The molecule has 0 unspecified atom stereocenters. The summed E-state index contributed by atoms with van der Waals surface area (Å²) < 4.78 is 115. The minimum atomic E-state index is -5.14. The van der Waals surface area contributed by atoms with Crippen molar-refractivity contribution in [1.29, 1.82) is 5.26 Å². The van der Waals surface area contributed by atoms with E-state index in [2.05, 4.69) is 12.6 Å². The Kier molecular flexibility index (Phi) is 6.88. The number of pyridine rings is 1. The fourth-order valence-electron chi connectivity index (χ4n) is 3.72. The lowest BCUT2D eigenvalue weighted by Gasteiger charge is -2.16. The first-order chi connectivity index (χ1) is 17.7. The van der Waals surface area contributed by atoms with Gasteiger partial charge in [-0.1, -0.05) is 12.1 Å². The molecular weight excluding hydrogens is 544 g/mol. The quantitative estimate of drug-likeness (QED) is 0.212. The first kappa shape index (κ1) is 27.0. The minimum absolute atomic E-state index is 0.0173. The molecule has 196 valence electrons. The maximum atomic E-state index is 14.3. The average molecular weight is 556 g/mol. The lowest BCUT2D eigenvalue weighted by atomic mass is 10.0. The van der Waals surface area contributed by atoms with Gasteiger partial charge in [-0.15, -0.1) is 12.6 Å². The molecule has 4 aromatic rings. The van der Waals surface area contributed by atoms with Gasteiger partial charge in [0.05, 0.1) is 29.6 Å². The second-order valence-electron chi connectivity index (χ2n) is 7.98. The van der Waals surface area contributed by atoms with E-state index in [1.54, 1.807) is 0 Å². The average Bonchev–Trinajstić information content (AvgIpc) is 3.30. The molecule has 2 heterocycles. The summed E-state index contributed by atoms with van der Waals surface area (Å²) in [5, 5.41) is 9.26. The van der Waals surface area contributed by atoms with E-state index in [9.17, 15) is 45.2 Å². The number of hydrogen-bond acceptors (Lipinski definition) is 4. The Balaban J connectivity index is 1.92. The Hall–Kier alpha value is -4.05. The number of hydrogen-bond donors (Lipinski definition) is 1. The lowest BCUT2D eigenvalue weighted by Crippen LogP contribution is -2.29.